The second kappa shape index (κ2) is 6.52. The Labute approximate surface area is 143 Å². The van der Waals surface area contributed by atoms with Gasteiger partial charge in [-0.2, -0.15) is 0 Å². The number of nitrogens with one attached hydrogen (secondary N) is 2. The molecule has 0 unspecified atom stereocenters. The fraction of sp³-hybridized carbons (Fsp3) is 0.286. The smallest absolute Gasteiger partial charge is 0.224 e. The second-order valence-corrected chi connectivity index (χ2v) is 7.13. The quantitative estimate of drug-likeness (QED) is 0.728. The molecular weight excluding hydrogens is 296 g/mol. The molecule has 0 radical (unpaired) electrons. The zero-order chi connectivity index (χ0) is 17.2. The van der Waals surface area contributed by atoms with Crippen molar-refractivity contribution in [1.82, 2.24) is 10.3 Å². The maximum atomic E-state index is 12.4. The Kier molecular flexibility index (Phi) is 4.43. The van der Waals surface area contributed by atoms with Crippen LogP contribution in [0.5, 0.6) is 0 Å². The molecule has 2 aromatic carbocycles. The molecule has 0 bridgehead atoms. The van der Waals surface area contributed by atoms with E-state index in [0.29, 0.717) is 6.42 Å². The second-order valence-electron chi connectivity index (χ2n) is 7.13. The monoisotopic (exact) mass is 320 g/mol. The van der Waals surface area contributed by atoms with E-state index in [1.165, 1.54) is 16.5 Å². The molecule has 2 N–H and O–H groups in total. The molecule has 0 aliphatic carbocycles. The van der Waals surface area contributed by atoms with Crippen LogP contribution >= 0.6 is 0 Å². The van der Waals surface area contributed by atoms with Crippen LogP contribution in [-0.2, 0) is 17.6 Å². The summed E-state index contributed by atoms with van der Waals surface area (Å²) in [6, 6.07) is 16.4. The number of H-pyrrole nitrogens is 1. The summed E-state index contributed by atoms with van der Waals surface area (Å²) < 4.78 is 0. The van der Waals surface area contributed by atoms with Crippen LogP contribution in [0.15, 0.2) is 54.7 Å². The zero-order valence-corrected chi connectivity index (χ0v) is 14.5. The first-order valence-corrected chi connectivity index (χ1v) is 8.34. The first kappa shape index (κ1) is 16.3. The van der Waals surface area contributed by atoms with Gasteiger partial charge in [0.2, 0.25) is 5.91 Å². The highest BCUT2D eigenvalue weighted by Crippen LogP contribution is 2.22. The molecule has 0 aliphatic heterocycles. The van der Waals surface area contributed by atoms with Gasteiger partial charge in [0.25, 0.3) is 0 Å². The zero-order valence-electron chi connectivity index (χ0n) is 14.5. The van der Waals surface area contributed by atoms with Gasteiger partial charge in [-0.05, 0) is 44.4 Å². The summed E-state index contributed by atoms with van der Waals surface area (Å²) in [7, 11) is 0. The van der Waals surface area contributed by atoms with Gasteiger partial charge < -0.3 is 10.3 Å². The third-order valence-electron chi connectivity index (χ3n) is 4.27. The van der Waals surface area contributed by atoms with Gasteiger partial charge in [-0.1, -0.05) is 48.0 Å². The van der Waals surface area contributed by atoms with Crippen molar-refractivity contribution in [2.45, 2.75) is 39.2 Å². The normalized spacial score (nSPS) is 11.6. The molecule has 1 aromatic heterocycles. The fourth-order valence-electron chi connectivity index (χ4n) is 3.11. The van der Waals surface area contributed by atoms with Crippen molar-refractivity contribution >= 4 is 16.8 Å². The highest BCUT2D eigenvalue weighted by Gasteiger charge is 2.22. The van der Waals surface area contributed by atoms with Gasteiger partial charge in [0.05, 0.1) is 6.42 Å². The first-order valence-electron chi connectivity index (χ1n) is 8.34. The van der Waals surface area contributed by atoms with Crippen LogP contribution in [0.2, 0.25) is 0 Å². The maximum Gasteiger partial charge on any atom is 0.224 e. The summed E-state index contributed by atoms with van der Waals surface area (Å²) in [6.45, 7) is 6.19. The number of hydrogen-bond acceptors (Lipinski definition) is 1. The standard InChI is InChI=1S/C21H24N2O/c1-15-8-10-16(11-9-15)12-20(24)23-21(2,3)13-17-14-22-19-7-5-4-6-18(17)19/h4-11,14,22H,12-13H2,1-3H3,(H,23,24). The lowest BCUT2D eigenvalue weighted by Gasteiger charge is -2.26. The minimum Gasteiger partial charge on any atom is -0.361 e. The molecule has 0 saturated heterocycles. The molecule has 0 fully saturated rings. The number of rotatable bonds is 5. The van der Waals surface area contributed by atoms with Crippen molar-refractivity contribution in [2.24, 2.45) is 0 Å². The number of aryl methyl sites for hydroxylation is 1. The topological polar surface area (TPSA) is 44.9 Å². The summed E-state index contributed by atoms with van der Waals surface area (Å²) in [5.74, 6) is 0.0590. The van der Waals surface area contributed by atoms with Crippen LogP contribution in [0.1, 0.15) is 30.5 Å². The number of amides is 1. The van der Waals surface area contributed by atoms with Crippen LogP contribution in [0, 0.1) is 6.92 Å². The van der Waals surface area contributed by atoms with Crippen LogP contribution in [0.3, 0.4) is 0 Å². The van der Waals surface area contributed by atoms with Crippen LogP contribution in [-0.4, -0.2) is 16.4 Å². The summed E-state index contributed by atoms with van der Waals surface area (Å²) >= 11 is 0. The number of carbonyl (C=O) groups excluding carboxylic acids is 1. The Morgan fingerprint density at radius 3 is 2.54 bits per heavy atom. The van der Waals surface area contributed by atoms with E-state index in [-0.39, 0.29) is 11.4 Å². The van der Waals surface area contributed by atoms with E-state index in [1.54, 1.807) is 0 Å². The number of benzene rings is 2. The predicted octanol–water partition coefficient (Wildman–Crippen LogP) is 4.16. The highest BCUT2D eigenvalue weighted by atomic mass is 16.1. The van der Waals surface area contributed by atoms with Crippen molar-refractivity contribution in [3.63, 3.8) is 0 Å². The molecular formula is C21H24N2O. The van der Waals surface area contributed by atoms with E-state index < -0.39 is 0 Å². The number of aromatic amines is 1. The van der Waals surface area contributed by atoms with E-state index in [4.69, 9.17) is 0 Å². The summed E-state index contributed by atoms with van der Waals surface area (Å²) in [5, 5.41) is 4.39. The maximum absolute atomic E-state index is 12.4. The average molecular weight is 320 g/mol. The van der Waals surface area contributed by atoms with Crippen molar-refractivity contribution in [2.75, 3.05) is 0 Å². The molecule has 24 heavy (non-hydrogen) atoms. The van der Waals surface area contributed by atoms with Crippen molar-refractivity contribution in [1.29, 1.82) is 0 Å². The summed E-state index contributed by atoms with van der Waals surface area (Å²) in [5.41, 5.74) is 4.31. The minimum atomic E-state index is -0.299. The molecule has 3 nitrogen and oxygen atoms in total. The van der Waals surface area contributed by atoms with Crippen molar-refractivity contribution < 1.29 is 4.79 Å². The molecule has 1 heterocycles. The fourth-order valence-corrected chi connectivity index (χ4v) is 3.11. The number of para-hydroxylation sites is 1. The van der Waals surface area contributed by atoms with Crippen LogP contribution in [0.25, 0.3) is 10.9 Å². The Morgan fingerprint density at radius 2 is 1.79 bits per heavy atom. The van der Waals surface area contributed by atoms with Gasteiger partial charge in [0.1, 0.15) is 0 Å². The molecule has 1 amide bonds. The highest BCUT2D eigenvalue weighted by molar-refractivity contribution is 5.83. The van der Waals surface area contributed by atoms with Gasteiger partial charge >= 0.3 is 0 Å². The molecule has 124 valence electrons. The summed E-state index contributed by atoms with van der Waals surface area (Å²) in [6.07, 6.45) is 3.24. The SMILES string of the molecule is Cc1ccc(CC(=O)NC(C)(C)Cc2c[nH]c3ccccc23)cc1. The Balaban J connectivity index is 1.66. The van der Waals surface area contributed by atoms with E-state index >= 15 is 0 Å². The van der Waals surface area contributed by atoms with Crippen molar-refractivity contribution in [3.05, 3.63) is 71.4 Å². The Morgan fingerprint density at radius 1 is 1.08 bits per heavy atom. The number of fused-ring (bicyclic) bond motifs is 1. The van der Waals surface area contributed by atoms with E-state index in [2.05, 4.69) is 36.3 Å². The molecule has 3 heteroatoms. The van der Waals surface area contributed by atoms with Gasteiger partial charge in [0, 0.05) is 22.6 Å². The predicted molar refractivity (Wildman–Crippen MR) is 99.1 cm³/mol. The summed E-state index contributed by atoms with van der Waals surface area (Å²) in [4.78, 5) is 15.7. The third kappa shape index (κ3) is 3.85. The Bertz CT molecular complexity index is 844. The minimum absolute atomic E-state index is 0.0590. The molecule has 0 aliphatic rings. The molecule has 0 saturated carbocycles. The van der Waals surface area contributed by atoms with Gasteiger partial charge in [0.15, 0.2) is 0 Å². The number of aromatic nitrogens is 1. The van der Waals surface area contributed by atoms with Gasteiger partial charge in [-0.15, -0.1) is 0 Å². The molecule has 3 rings (SSSR count). The molecule has 3 aromatic rings. The first-order chi connectivity index (χ1) is 11.4. The number of hydrogen-bond donors (Lipinski definition) is 2. The lowest BCUT2D eigenvalue weighted by Crippen LogP contribution is -2.45. The molecule has 0 atom stereocenters. The molecule has 0 spiro atoms. The third-order valence-corrected chi connectivity index (χ3v) is 4.27. The number of carbonyl (C=O) groups is 1. The van der Waals surface area contributed by atoms with Crippen molar-refractivity contribution in [3.8, 4) is 0 Å². The average Bonchev–Trinajstić information content (AvgIpc) is 2.91. The lowest BCUT2D eigenvalue weighted by molar-refractivity contribution is -0.122. The largest absolute Gasteiger partial charge is 0.361 e. The van der Waals surface area contributed by atoms with E-state index in [9.17, 15) is 4.79 Å². The van der Waals surface area contributed by atoms with Crippen LogP contribution < -0.4 is 5.32 Å². The Hall–Kier alpha value is -2.55. The van der Waals surface area contributed by atoms with E-state index in [1.807, 2.05) is 49.5 Å². The van der Waals surface area contributed by atoms with Gasteiger partial charge in [-0.3, -0.25) is 4.79 Å². The van der Waals surface area contributed by atoms with Gasteiger partial charge in [-0.25, -0.2) is 0 Å². The van der Waals surface area contributed by atoms with Crippen LogP contribution in [0.4, 0.5) is 0 Å². The van der Waals surface area contributed by atoms with E-state index in [0.717, 1.165) is 17.5 Å². The lowest BCUT2D eigenvalue weighted by atomic mass is 9.94.